The van der Waals surface area contributed by atoms with E-state index in [1.807, 2.05) is 11.9 Å². The minimum Gasteiger partial charge on any atom is -0.391 e. The molecule has 0 spiro atoms. The molecule has 8 fully saturated rings. The number of rotatable bonds is 9. The molecule has 8 unspecified atom stereocenters. The van der Waals surface area contributed by atoms with Crippen LogP contribution in [0, 0.1) is 34.5 Å². The second-order valence-corrected chi connectivity index (χ2v) is 18.9. The zero-order valence-corrected chi connectivity index (χ0v) is 31.4. The van der Waals surface area contributed by atoms with Gasteiger partial charge in [0, 0.05) is 57.0 Å². The van der Waals surface area contributed by atoms with E-state index in [2.05, 4.69) is 16.8 Å². The molecule has 9 aliphatic rings. The summed E-state index contributed by atoms with van der Waals surface area (Å²) in [6, 6.07) is -1.24. The van der Waals surface area contributed by atoms with Crippen molar-refractivity contribution in [3.8, 4) is 0 Å². The Balaban J connectivity index is 1.01. The van der Waals surface area contributed by atoms with Crippen LogP contribution in [0.1, 0.15) is 116 Å². The number of likely N-dealkylation sites (N-methyl/N-ethyl adjacent to an activating group) is 1. The SMILES string of the molecule is CN(CC1CCCCC1Cl)C(=O)C(CC1=CNC2CCCCC12)NC(=O)C1C[C@@H](O)CN1C(=O)C12CC3CC(CC(C(=O)N4CCCC4)(C3)C1)C2. The van der Waals surface area contributed by atoms with Gasteiger partial charge in [-0.2, -0.15) is 0 Å². The highest BCUT2D eigenvalue weighted by Gasteiger charge is 2.65. The fourth-order valence-corrected chi connectivity index (χ4v) is 13.1. The van der Waals surface area contributed by atoms with Crippen LogP contribution in [-0.2, 0) is 19.2 Å². The van der Waals surface area contributed by atoms with E-state index in [1.165, 1.54) is 12.0 Å². The molecule has 0 aromatic rings. The quantitative estimate of drug-likeness (QED) is 0.305. The van der Waals surface area contributed by atoms with E-state index >= 15 is 0 Å². The first-order chi connectivity index (χ1) is 24.5. The molecule has 2 saturated heterocycles. The molecule has 3 aliphatic heterocycles. The maximum absolute atomic E-state index is 14.9. The number of hydrogen-bond acceptors (Lipinski definition) is 6. The van der Waals surface area contributed by atoms with Gasteiger partial charge in [0.15, 0.2) is 0 Å². The highest BCUT2D eigenvalue weighted by molar-refractivity contribution is 6.20. The van der Waals surface area contributed by atoms with E-state index in [4.69, 9.17) is 11.6 Å². The van der Waals surface area contributed by atoms with Crippen LogP contribution in [0.4, 0.5) is 0 Å². The number of β-amino-alcohol motifs (C(OH)–C–C–N with tert-alkyl or cyclic N) is 1. The Hall–Kier alpha value is -2.33. The fraction of sp³-hybridized carbons (Fsp3) is 0.850. The summed E-state index contributed by atoms with van der Waals surface area (Å²) in [4.78, 5) is 63.1. The number of halogens is 1. The van der Waals surface area contributed by atoms with E-state index in [9.17, 15) is 24.3 Å². The highest BCUT2D eigenvalue weighted by Crippen LogP contribution is 2.66. The van der Waals surface area contributed by atoms with Crippen molar-refractivity contribution in [3.63, 3.8) is 0 Å². The summed E-state index contributed by atoms with van der Waals surface area (Å²) in [5.41, 5.74) is 0.0229. The normalized spacial score (nSPS) is 40.4. The summed E-state index contributed by atoms with van der Waals surface area (Å²) < 4.78 is 0. The van der Waals surface area contributed by atoms with Gasteiger partial charge in [0.05, 0.1) is 16.9 Å². The Labute approximate surface area is 308 Å². The maximum Gasteiger partial charge on any atom is 0.245 e. The Morgan fingerprint density at radius 2 is 1.61 bits per heavy atom. The number of carbonyl (C=O) groups excluding carboxylic acids is 4. The second kappa shape index (κ2) is 14.1. The van der Waals surface area contributed by atoms with Crippen LogP contribution in [0.25, 0.3) is 0 Å². The summed E-state index contributed by atoms with van der Waals surface area (Å²) in [5.74, 6) is 0.958. The molecule has 4 amide bonds. The first-order valence-electron chi connectivity index (χ1n) is 20.5. The van der Waals surface area contributed by atoms with E-state index in [-0.39, 0.29) is 47.9 Å². The van der Waals surface area contributed by atoms with E-state index in [0.717, 1.165) is 103 Å². The Kier molecular flexibility index (Phi) is 9.90. The van der Waals surface area contributed by atoms with Crippen molar-refractivity contribution < 1.29 is 24.3 Å². The zero-order valence-electron chi connectivity index (χ0n) is 30.6. The third kappa shape index (κ3) is 6.72. The predicted octanol–water partition coefficient (Wildman–Crippen LogP) is 4.33. The lowest BCUT2D eigenvalue weighted by atomic mass is 9.43. The predicted molar refractivity (Wildman–Crippen MR) is 194 cm³/mol. The molecule has 4 bridgehead atoms. The molecule has 0 aromatic carbocycles. The fourth-order valence-electron chi connectivity index (χ4n) is 12.7. The van der Waals surface area contributed by atoms with Gasteiger partial charge in [0.2, 0.25) is 23.6 Å². The average molecular weight is 726 g/mol. The van der Waals surface area contributed by atoms with Crippen LogP contribution in [0.5, 0.6) is 0 Å². The van der Waals surface area contributed by atoms with E-state index in [1.54, 1.807) is 9.80 Å². The third-order valence-corrected chi connectivity index (χ3v) is 15.3. The minimum atomic E-state index is -0.852. The lowest BCUT2D eigenvalue weighted by Gasteiger charge is -2.61. The van der Waals surface area contributed by atoms with Gasteiger partial charge in [0.25, 0.3) is 0 Å². The Morgan fingerprint density at radius 1 is 0.941 bits per heavy atom. The topological polar surface area (TPSA) is 122 Å². The lowest BCUT2D eigenvalue weighted by Crippen LogP contribution is -2.63. The van der Waals surface area contributed by atoms with Crippen molar-refractivity contribution in [1.82, 2.24) is 25.3 Å². The molecule has 10 nitrogen and oxygen atoms in total. The molecule has 0 radical (unpaired) electrons. The van der Waals surface area contributed by atoms with Crippen molar-refractivity contribution in [2.75, 3.05) is 33.2 Å². The molecule has 0 aromatic heterocycles. The summed E-state index contributed by atoms with van der Waals surface area (Å²) in [7, 11) is 1.83. The van der Waals surface area contributed by atoms with Gasteiger partial charge in [-0.15, -0.1) is 11.6 Å². The number of amides is 4. The number of aliphatic hydroxyl groups is 1. The highest BCUT2D eigenvalue weighted by atomic mass is 35.5. The monoisotopic (exact) mass is 725 g/mol. The molecular weight excluding hydrogens is 666 g/mol. The molecule has 9 rings (SSSR count). The van der Waals surface area contributed by atoms with Gasteiger partial charge in [-0.3, -0.25) is 19.2 Å². The Morgan fingerprint density at radius 3 is 2.33 bits per heavy atom. The first-order valence-corrected chi connectivity index (χ1v) is 20.9. The number of hydrogen-bond donors (Lipinski definition) is 3. The van der Waals surface area contributed by atoms with Crippen molar-refractivity contribution in [2.24, 2.45) is 34.5 Å². The standard InChI is InChI=1S/C40H60ClN5O5/c1-44(22-27-8-2-4-10-31(27)41)36(49)33(15-28-21-42-32-11-5-3-9-30(28)32)43-35(48)34-16-29(47)23-46(34)38(51)40-19-25-14-26(20-40)18-39(17-25,24-40)37(50)45-12-6-7-13-45/h21,25-27,29-34,42,47H,2-20,22-24H2,1H3,(H,43,48)/t25?,26?,27?,29-,30?,31?,32?,33?,34?,39?,40?/m1/s1. The number of carbonyl (C=O) groups is 4. The lowest BCUT2D eigenvalue weighted by molar-refractivity contribution is -0.180. The van der Waals surface area contributed by atoms with Crippen LogP contribution < -0.4 is 10.6 Å². The molecule has 282 valence electrons. The largest absolute Gasteiger partial charge is 0.391 e. The van der Waals surface area contributed by atoms with Crippen LogP contribution >= 0.6 is 11.6 Å². The second-order valence-electron chi connectivity index (χ2n) is 18.3. The molecule has 3 heterocycles. The smallest absolute Gasteiger partial charge is 0.245 e. The van der Waals surface area contributed by atoms with Crippen LogP contribution in [0.15, 0.2) is 11.8 Å². The van der Waals surface area contributed by atoms with Crippen molar-refractivity contribution in [3.05, 3.63) is 11.8 Å². The molecule has 9 atom stereocenters. The average Bonchev–Trinajstić information content (AvgIpc) is 3.88. The maximum atomic E-state index is 14.9. The van der Waals surface area contributed by atoms with Crippen molar-refractivity contribution in [2.45, 2.75) is 145 Å². The molecule has 51 heavy (non-hydrogen) atoms. The third-order valence-electron chi connectivity index (χ3n) is 14.7. The summed E-state index contributed by atoms with van der Waals surface area (Å²) in [6.07, 6.45) is 17.6. The van der Waals surface area contributed by atoms with Crippen molar-refractivity contribution >= 4 is 35.2 Å². The molecule has 6 saturated carbocycles. The number of alkyl halides is 1. The van der Waals surface area contributed by atoms with Crippen LogP contribution in [0.2, 0.25) is 0 Å². The van der Waals surface area contributed by atoms with Gasteiger partial charge in [0.1, 0.15) is 12.1 Å². The number of likely N-dealkylation sites (tertiary alicyclic amines) is 2. The number of fused-ring (bicyclic) bond motifs is 1. The molecule has 3 N–H and O–H groups in total. The first kappa shape index (κ1) is 35.7. The number of nitrogens with one attached hydrogen (secondary N) is 2. The van der Waals surface area contributed by atoms with E-state index < -0.39 is 29.0 Å². The van der Waals surface area contributed by atoms with Crippen LogP contribution in [0.3, 0.4) is 0 Å². The zero-order chi connectivity index (χ0) is 35.5. The van der Waals surface area contributed by atoms with Gasteiger partial charge < -0.3 is 30.4 Å². The van der Waals surface area contributed by atoms with Crippen LogP contribution in [-0.4, -0.2) is 106 Å². The number of nitrogens with zero attached hydrogens (tertiary/aromatic N) is 3. The molecule has 11 heteroatoms. The summed E-state index contributed by atoms with van der Waals surface area (Å²) in [6.45, 7) is 2.29. The van der Waals surface area contributed by atoms with Gasteiger partial charge in [-0.25, -0.2) is 0 Å². The molecule has 6 aliphatic carbocycles. The van der Waals surface area contributed by atoms with Gasteiger partial charge in [-0.1, -0.05) is 25.7 Å². The Bertz CT molecular complexity index is 1400. The summed E-state index contributed by atoms with van der Waals surface area (Å²) >= 11 is 6.72. The van der Waals surface area contributed by atoms with E-state index in [0.29, 0.717) is 43.2 Å². The molecular formula is C40H60ClN5O5. The van der Waals surface area contributed by atoms with Gasteiger partial charge in [-0.05, 0) is 113 Å². The van der Waals surface area contributed by atoms with Gasteiger partial charge >= 0.3 is 0 Å². The minimum absolute atomic E-state index is 0.0423. The van der Waals surface area contributed by atoms with Crippen molar-refractivity contribution in [1.29, 1.82) is 0 Å². The number of aliphatic hydroxyl groups excluding tert-OH is 1. The summed E-state index contributed by atoms with van der Waals surface area (Å²) in [5, 5.41) is 17.7.